The Morgan fingerprint density at radius 3 is 2.30 bits per heavy atom. The van der Waals surface area contributed by atoms with Gasteiger partial charge in [0.05, 0.1) is 0 Å². The lowest BCUT2D eigenvalue weighted by Gasteiger charge is -2.15. The van der Waals surface area contributed by atoms with Gasteiger partial charge in [-0.25, -0.2) is 9.97 Å². The van der Waals surface area contributed by atoms with E-state index in [1.807, 2.05) is 12.4 Å². The fourth-order valence-electron chi connectivity index (χ4n) is 2.37. The Morgan fingerprint density at radius 1 is 1.20 bits per heavy atom. The Kier molecular flexibility index (Phi) is 5.70. The predicted molar refractivity (Wildman–Crippen MR) is 77.8 cm³/mol. The van der Waals surface area contributed by atoms with Gasteiger partial charge in [-0.05, 0) is 13.0 Å². The van der Waals surface area contributed by atoms with Crippen LogP contribution < -0.4 is 10.2 Å². The summed E-state index contributed by atoms with van der Waals surface area (Å²) >= 11 is 0. The molecular weight excluding hydrogens is 256 g/mol. The average Bonchev–Trinajstić information content (AvgIpc) is 2.91. The maximum Gasteiger partial charge on any atom is 0.225 e. The molecule has 1 fully saturated rings. The van der Waals surface area contributed by atoms with Gasteiger partial charge in [-0.3, -0.25) is 0 Å². The zero-order valence-corrected chi connectivity index (χ0v) is 12.5. The molecule has 1 N–H and O–H groups in total. The van der Waals surface area contributed by atoms with E-state index in [4.69, 9.17) is 9.47 Å². The molecule has 112 valence electrons. The number of aromatic nitrogens is 2. The summed E-state index contributed by atoms with van der Waals surface area (Å²) in [6, 6.07) is 0. The first-order chi connectivity index (χ1) is 9.78. The highest BCUT2D eigenvalue weighted by molar-refractivity contribution is 5.33. The van der Waals surface area contributed by atoms with Crippen LogP contribution in [-0.2, 0) is 16.0 Å². The lowest BCUT2D eigenvalue weighted by atomic mass is 10.3. The van der Waals surface area contributed by atoms with E-state index in [2.05, 4.69) is 27.1 Å². The highest BCUT2D eigenvalue weighted by atomic mass is 16.5. The maximum absolute atomic E-state index is 5.42. The highest BCUT2D eigenvalue weighted by Crippen LogP contribution is 2.19. The molecule has 2 atom stereocenters. The molecule has 0 aromatic carbocycles. The van der Waals surface area contributed by atoms with Crippen molar-refractivity contribution in [1.82, 2.24) is 15.3 Å². The van der Waals surface area contributed by atoms with Crippen LogP contribution in [0.3, 0.4) is 0 Å². The van der Waals surface area contributed by atoms with Crippen LogP contribution in [0.1, 0.15) is 18.9 Å². The summed E-state index contributed by atoms with van der Waals surface area (Å²) < 4.78 is 10.8. The van der Waals surface area contributed by atoms with Gasteiger partial charge in [-0.15, -0.1) is 0 Å². The lowest BCUT2D eigenvalue weighted by Crippen LogP contribution is -2.27. The molecule has 6 nitrogen and oxygen atoms in total. The molecule has 0 amide bonds. The summed E-state index contributed by atoms with van der Waals surface area (Å²) in [5, 5.41) is 3.34. The summed E-state index contributed by atoms with van der Waals surface area (Å²) in [5.41, 5.74) is 1.10. The molecule has 1 aromatic rings. The number of rotatable bonds is 7. The first-order valence-electron chi connectivity index (χ1n) is 7.10. The molecular formula is C14H24N4O2. The number of hydrogen-bond donors (Lipinski definition) is 1. The molecule has 1 aliphatic rings. The monoisotopic (exact) mass is 280 g/mol. The lowest BCUT2D eigenvalue weighted by molar-refractivity contribution is -0.00461. The zero-order chi connectivity index (χ0) is 14.4. The van der Waals surface area contributed by atoms with Crippen LogP contribution in [0.25, 0.3) is 0 Å². The molecule has 1 saturated heterocycles. The average molecular weight is 280 g/mol. The molecule has 2 rings (SSSR count). The number of ether oxygens (including phenoxy) is 2. The Morgan fingerprint density at radius 2 is 1.80 bits per heavy atom. The Hall–Kier alpha value is -1.24. The second-order valence-electron chi connectivity index (χ2n) is 5.02. The van der Waals surface area contributed by atoms with Crippen LogP contribution >= 0.6 is 0 Å². The van der Waals surface area contributed by atoms with Crippen molar-refractivity contribution < 1.29 is 9.47 Å². The minimum Gasteiger partial charge on any atom is -0.377 e. The van der Waals surface area contributed by atoms with Crippen LogP contribution in [0.15, 0.2) is 12.4 Å². The molecule has 20 heavy (non-hydrogen) atoms. The Labute approximate surface area is 120 Å². The van der Waals surface area contributed by atoms with Crippen LogP contribution in [-0.4, -0.2) is 56.0 Å². The summed E-state index contributed by atoms with van der Waals surface area (Å²) in [6.07, 6.45) is 5.05. The first kappa shape index (κ1) is 15.2. The highest BCUT2D eigenvalue weighted by Gasteiger charge is 2.34. The summed E-state index contributed by atoms with van der Waals surface area (Å²) in [6.45, 7) is 5.51. The van der Waals surface area contributed by atoms with Crippen molar-refractivity contribution in [3.8, 4) is 0 Å². The fourth-order valence-corrected chi connectivity index (χ4v) is 2.37. The predicted octanol–water partition coefficient (Wildman–Crippen LogP) is 0.826. The first-order valence-corrected chi connectivity index (χ1v) is 7.10. The topological polar surface area (TPSA) is 59.5 Å². The quantitative estimate of drug-likeness (QED) is 0.747. The third-order valence-electron chi connectivity index (χ3n) is 3.55. The third kappa shape index (κ3) is 3.65. The molecule has 0 spiro atoms. The van der Waals surface area contributed by atoms with Gasteiger partial charge in [-0.1, -0.05) is 6.92 Å². The second-order valence-corrected chi connectivity index (χ2v) is 5.02. The van der Waals surface area contributed by atoms with Gasteiger partial charge in [0.15, 0.2) is 0 Å². The van der Waals surface area contributed by atoms with E-state index in [-0.39, 0.29) is 12.2 Å². The van der Waals surface area contributed by atoms with E-state index in [9.17, 15) is 0 Å². The van der Waals surface area contributed by atoms with Crippen molar-refractivity contribution in [2.45, 2.75) is 32.1 Å². The Bertz CT molecular complexity index is 387. The molecule has 6 heteroatoms. The summed E-state index contributed by atoms with van der Waals surface area (Å²) in [5.74, 6) is 0.742. The van der Waals surface area contributed by atoms with Gasteiger partial charge < -0.3 is 19.7 Å². The van der Waals surface area contributed by atoms with Gasteiger partial charge >= 0.3 is 0 Å². The second kappa shape index (κ2) is 7.52. The maximum atomic E-state index is 5.42. The third-order valence-corrected chi connectivity index (χ3v) is 3.55. The standard InChI is InChI=1S/C14H24N4O2/c1-4-5-15-6-11-7-16-14(17-8-11)18-9-12(19-2)13(10-18)20-3/h7-8,12-13,15H,4-6,9-10H2,1-3H3. The van der Waals surface area contributed by atoms with Crippen LogP contribution in [0.5, 0.6) is 0 Å². The van der Waals surface area contributed by atoms with E-state index in [0.717, 1.165) is 44.1 Å². The van der Waals surface area contributed by atoms with Crippen molar-refractivity contribution in [1.29, 1.82) is 0 Å². The number of nitrogens with zero attached hydrogens (tertiary/aromatic N) is 3. The van der Waals surface area contributed by atoms with Crippen molar-refractivity contribution >= 4 is 5.95 Å². The van der Waals surface area contributed by atoms with Gasteiger partial charge in [-0.2, -0.15) is 0 Å². The SMILES string of the molecule is CCCNCc1cnc(N2CC(OC)C(OC)C2)nc1. The molecule has 2 heterocycles. The minimum absolute atomic E-state index is 0.0782. The number of hydrogen-bond acceptors (Lipinski definition) is 6. The van der Waals surface area contributed by atoms with E-state index in [1.165, 1.54) is 0 Å². The summed E-state index contributed by atoms with van der Waals surface area (Å²) in [7, 11) is 3.42. The molecule has 2 unspecified atom stereocenters. The van der Waals surface area contributed by atoms with Gasteiger partial charge in [0.1, 0.15) is 12.2 Å². The molecule has 1 aliphatic heterocycles. The smallest absolute Gasteiger partial charge is 0.225 e. The largest absolute Gasteiger partial charge is 0.377 e. The minimum atomic E-state index is 0.0782. The van der Waals surface area contributed by atoms with Crippen LogP contribution in [0, 0.1) is 0 Å². The van der Waals surface area contributed by atoms with Crippen molar-refractivity contribution in [2.24, 2.45) is 0 Å². The number of anilines is 1. The van der Waals surface area contributed by atoms with E-state index in [0.29, 0.717) is 0 Å². The van der Waals surface area contributed by atoms with Gasteiger partial charge in [0.25, 0.3) is 0 Å². The number of nitrogens with one attached hydrogen (secondary N) is 1. The Balaban J connectivity index is 1.93. The number of methoxy groups -OCH3 is 2. The normalized spacial score (nSPS) is 22.4. The van der Waals surface area contributed by atoms with Gasteiger partial charge in [0.2, 0.25) is 5.95 Å². The molecule has 0 bridgehead atoms. The van der Waals surface area contributed by atoms with Gasteiger partial charge in [0, 0.05) is 51.8 Å². The van der Waals surface area contributed by atoms with Crippen molar-refractivity contribution in [2.75, 3.05) is 38.8 Å². The van der Waals surface area contributed by atoms with Crippen LogP contribution in [0.4, 0.5) is 5.95 Å². The zero-order valence-electron chi connectivity index (χ0n) is 12.5. The van der Waals surface area contributed by atoms with Crippen molar-refractivity contribution in [3.63, 3.8) is 0 Å². The molecule has 1 aromatic heterocycles. The van der Waals surface area contributed by atoms with E-state index >= 15 is 0 Å². The van der Waals surface area contributed by atoms with Crippen LogP contribution in [0.2, 0.25) is 0 Å². The fraction of sp³-hybridized carbons (Fsp3) is 0.714. The van der Waals surface area contributed by atoms with E-state index < -0.39 is 0 Å². The molecule has 0 saturated carbocycles. The van der Waals surface area contributed by atoms with E-state index in [1.54, 1.807) is 14.2 Å². The molecule has 0 radical (unpaired) electrons. The summed E-state index contributed by atoms with van der Waals surface area (Å²) in [4.78, 5) is 11.0. The molecule has 0 aliphatic carbocycles. The van der Waals surface area contributed by atoms with Crippen molar-refractivity contribution in [3.05, 3.63) is 18.0 Å².